The maximum absolute atomic E-state index is 12.6. The van der Waals surface area contributed by atoms with Crippen LogP contribution < -0.4 is 5.32 Å². The van der Waals surface area contributed by atoms with Crippen molar-refractivity contribution < 1.29 is 72.1 Å². The van der Waals surface area contributed by atoms with Crippen LogP contribution in [-0.4, -0.2) is 188 Å². The van der Waals surface area contributed by atoms with E-state index in [2.05, 4.69) is 14.8 Å². The van der Waals surface area contributed by atoms with E-state index in [0.717, 1.165) is 0 Å². The number of carbonyl (C=O) groups is 6. The number of carbonyl (C=O) groups excluding carboxylic acids is 3. The molecule has 1 fully saturated rings. The normalized spacial score (nSPS) is 18.5. The Kier molecular flexibility index (Phi) is 18.9. The van der Waals surface area contributed by atoms with Crippen LogP contribution in [0.5, 0.6) is 0 Å². The molecule has 1 aliphatic rings. The largest absolute Gasteiger partial charge is 0.480 e. The molecule has 2 atom stereocenters. The lowest BCUT2D eigenvalue weighted by atomic mass is 10.3. The van der Waals surface area contributed by atoms with E-state index in [-0.39, 0.29) is 98.0 Å². The summed E-state index contributed by atoms with van der Waals surface area (Å²) in [5, 5.41) is 30.4. The number of rotatable bonds is 20. The van der Waals surface area contributed by atoms with Gasteiger partial charge in [0.25, 0.3) is 12.9 Å². The van der Waals surface area contributed by atoms with Gasteiger partial charge in [-0.05, 0) is 0 Å². The Balaban J connectivity index is 2.72. The Bertz CT molecular complexity index is 958. The molecule has 1 aliphatic heterocycles. The van der Waals surface area contributed by atoms with Crippen LogP contribution in [0.2, 0.25) is 0 Å². The first-order chi connectivity index (χ1) is 20.8. The fourth-order valence-electron chi connectivity index (χ4n) is 3.96. The van der Waals surface area contributed by atoms with Gasteiger partial charge in [0.2, 0.25) is 5.91 Å². The summed E-state index contributed by atoms with van der Waals surface area (Å²) < 4.78 is 30.5. The number of hydrogen-bond donors (Lipinski definition) is 5. The molecule has 20 nitrogen and oxygen atoms in total. The molecule has 1 saturated heterocycles. The van der Waals surface area contributed by atoms with Crippen LogP contribution in [-0.2, 0) is 51.9 Å². The molecular formula is C23H40N5O15P. The molecule has 252 valence electrons. The second-order valence-electron chi connectivity index (χ2n) is 9.52. The number of phosphoric acid groups is 1. The zero-order valence-electron chi connectivity index (χ0n) is 24.1. The van der Waals surface area contributed by atoms with Crippen LogP contribution in [0.3, 0.4) is 0 Å². The average Bonchev–Trinajstić information content (AvgIpc) is 2.93. The highest BCUT2D eigenvalue weighted by atomic mass is 31.2. The minimum absolute atomic E-state index is 0.0441. The average molecular weight is 658 g/mol. The van der Waals surface area contributed by atoms with Gasteiger partial charge in [-0.3, -0.25) is 57.4 Å². The van der Waals surface area contributed by atoms with E-state index >= 15 is 0 Å². The molecule has 2 unspecified atom stereocenters. The Morgan fingerprint density at radius 2 is 1.14 bits per heavy atom. The van der Waals surface area contributed by atoms with E-state index in [0.29, 0.717) is 0 Å². The predicted octanol–water partition coefficient (Wildman–Crippen LogP) is -3.57. The number of amides is 1. The van der Waals surface area contributed by atoms with Crippen LogP contribution in [0.15, 0.2) is 0 Å². The highest BCUT2D eigenvalue weighted by Gasteiger charge is 2.25. The molecule has 0 saturated carbocycles. The minimum Gasteiger partial charge on any atom is -0.480 e. The summed E-state index contributed by atoms with van der Waals surface area (Å²) in [5.74, 6) is -3.72. The summed E-state index contributed by atoms with van der Waals surface area (Å²) >= 11 is 0. The fourth-order valence-corrected chi connectivity index (χ4v) is 4.71. The van der Waals surface area contributed by atoms with E-state index < -0.39 is 57.6 Å². The maximum atomic E-state index is 12.6. The Morgan fingerprint density at radius 3 is 1.52 bits per heavy atom. The lowest BCUT2D eigenvalue weighted by Crippen LogP contribution is -2.50. The number of phosphoric ester groups is 1. The molecule has 0 bridgehead atoms. The molecule has 1 rings (SSSR count). The standard InChI is InChI=1S/C23H40N5O15P/c29-17-40-15-19(41-18-30)16-43-44(38,39)42-10-1-24-20(31)11-25-2-4-26(12-21(32)33)6-8-28(14-23(36)37)9-7-27(5-3-25)13-22(34)35/h17-19H,1-16H2,(H,24,31)(H,32,33)(H,34,35)(H,36,37)(H,38,39). The van der Waals surface area contributed by atoms with Crippen molar-refractivity contribution in [1.29, 1.82) is 0 Å². The minimum atomic E-state index is -4.62. The van der Waals surface area contributed by atoms with Crippen molar-refractivity contribution in [2.75, 3.05) is 105 Å². The monoisotopic (exact) mass is 657 g/mol. The van der Waals surface area contributed by atoms with Gasteiger partial charge in [-0.25, -0.2) is 4.57 Å². The van der Waals surface area contributed by atoms with Gasteiger partial charge in [0, 0.05) is 58.9 Å². The second-order valence-corrected chi connectivity index (χ2v) is 11.0. The number of nitrogens with one attached hydrogen (secondary N) is 1. The number of ether oxygens (including phenoxy) is 2. The van der Waals surface area contributed by atoms with Crippen molar-refractivity contribution in [3.05, 3.63) is 0 Å². The third-order valence-electron chi connectivity index (χ3n) is 6.07. The smallest absolute Gasteiger partial charge is 0.472 e. The topological polar surface area (TPSA) is 262 Å². The van der Waals surface area contributed by atoms with Gasteiger partial charge in [0.15, 0.2) is 6.10 Å². The van der Waals surface area contributed by atoms with Crippen molar-refractivity contribution in [1.82, 2.24) is 24.9 Å². The van der Waals surface area contributed by atoms with Gasteiger partial charge in [-0.2, -0.15) is 0 Å². The van der Waals surface area contributed by atoms with Crippen LogP contribution in [0, 0.1) is 0 Å². The van der Waals surface area contributed by atoms with E-state index in [4.69, 9.17) is 9.05 Å². The molecule has 0 radical (unpaired) electrons. The van der Waals surface area contributed by atoms with Gasteiger partial charge in [0.1, 0.15) is 6.61 Å². The van der Waals surface area contributed by atoms with Crippen molar-refractivity contribution in [2.24, 2.45) is 0 Å². The summed E-state index contributed by atoms with van der Waals surface area (Å²) in [4.78, 5) is 83.7. The zero-order valence-corrected chi connectivity index (χ0v) is 25.0. The highest BCUT2D eigenvalue weighted by Crippen LogP contribution is 2.43. The molecule has 1 heterocycles. The summed E-state index contributed by atoms with van der Waals surface area (Å²) in [6, 6.07) is 0. The van der Waals surface area contributed by atoms with Crippen LogP contribution in [0.4, 0.5) is 0 Å². The maximum Gasteiger partial charge on any atom is 0.472 e. The van der Waals surface area contributed by atoms with Crippen LogP contribution in [0.1, 0.15) is 0 Å². The van der Waals surface area contributed by atoms with Crippen LogP contribution in [0.25, 0.3) is 0 Å². The summed E-state index contributed by atoms with van der Waals surface area (Å²) in [5.41, 5.74) is 0. The first-order valence-corrected chi connectivity index (χ1v) is 14.9. The summed E-state index contributed by atoms with van der Waals surface area (Å²) in [6.07, 6.45) is -1.15. The van der Waals surface area contributed by atoms with Gasteiger partial charge in [-0.1, -0.05) is 0 Å². The van der Waals surface area contributed by atoms with Gasteiger partial charge < -0.3 is 35.0 Å². The predicted molar refractivity (Wildman–Crippen MR) is 146 cm³/mol. The molecule has 5 N–H and O–H groups in total. The van der Waals surface area contributed by atoms with Crippen molar-refractivity contribution in [3.63, 3.8) is 0 Å². The van der Waals surface area contributed by atoms with Crippen molar-refractivity contribution in [3.8, 4) is 0 Å². The number of hydrogen-bond acceptors (Lipinski definition) is 15. The molecule has 0 aromatic heterocycles. The third kappa shape index (κ3) is 19.1. The Labute approximate surface area is 253 Å². The summed E-state index contributed by atoms with van der Waals surface area (Å²) in [6.45, 7) is -0.769. The third-order valence-corrected chi connectivity index (χ3v) is 7.06. The van der Waals surface area contributed by atoms with Crippen molar-refractivity contribution in [2.45, 2.75) is 6.10 Å². The van der Waals surface area contributed by atoms with Gasteiger partial charge in [0.05, 0.1) is 39.4 Å². The molecule has 0 aromatic rings. The zero-order chi connectivity index (χ0) is 33.0. The first-order valence-electron chi connectivity index (χ1n) is 13.4. The van der Waals surface area contributed by atoms with E-state index in [1.807, 2.05) is 0 Å². The number of nitrogens with zero attached hydrogens (tertiary/aromatic N) is 4. The highest BCUT2D eigenvalue weighted by molar-refractivity contribution is 7.47. The lowest BCUT2D eigenvalue weighted by molar-refractivity contribution is -0.144. The first kappa shape index (κ1) is 38.8. The molecule has 1 amide bonds. The molecular weight excluding hydrogens is 617 g/mol. The van der Waals surface area contributed by atoms with Crippen molar-refractivity contribution >= 4 is 44.6 Å². The molecule has 0 aromatic carbocycles. The Hall–Kier alpha value is -3.23. The number of carboxylic acid groups (broad SMARTS) is 3. The quantitative estimate of drug-likeness (QED) is 0.0481. The van der Waals surface area contributed by atoms with E-state index in [1.165, 1.54) is 0 Å². The number of aliphatic carboxylic acids is 3. The second kappa shape index (κ2) is 21.5. The lowest BCUT2D eigenvalue weighted by Gasteiger charge is -2.32. The van der Waals surface area contributed by atoms with E-state index in [1.54, 1.807) is 19.6 Å². The fraction of sp³-hybridized carbons (Fsp3) is 0.739. The van der Waals surface area contributed by atoms with Gasteiger partial charge in [-0.15, -0.1) is 0 Å². The van der Waals surface area contributed by atoms with E-state index in [9.17, 15) is 53.5 Å². The molecule has 21 heteroatoms. The van der Waals surface area contributed by atoms with Crippen LogP contribution >= 0.6 is 7.82 Å². The SMILES string of the molecule is O=COCC(COP(=O)(O)OCCNC(=O)CN1CCN(CC(=O)O)CCN(CC(=O)O)CCN(CC(=O)O)CC1)OC=O. The summed E-state index contributed by atoms with van der Waals surface area (Å²) in [7, 11) is -4.62. The Morgan fingerprint density at radius 1 is 0.705 bits per heavy atom. The molecule has 44 heavy (non-hydrogen) atoms. The van der Waals surface area contributed by atoms with Gasteiger partial charge >= 0.3 is 25.7 Å². The number of carboxylic acids is 3. The molecule has 0 spiro atoms. The molecule has 0 aliphatic carbocycles.